The number of hydrogen-bond acceptors (Lipinski definition) is 3. The SMILES string of the molecule is O=C(CCCCc1ccc(Br)cc1)NCCN1CCc2sccc2C1. The predicted octanol–water partition coefficient (Wildman–Crippen LogP) is 4.40. The van der Waals surface area contributed by atoms with Gasteiger partial charge in [-0.15, -0.1) is 11.3 Å². The Labute approximate surface area is 162 Å². The maximum atomic E-state index is 12.0. The minimum Gasteiger partial charge on any atom is -0.355 e. The van der Waals surface area contributed by atoms with E-state index < -0.39 is 0 Å². The lowest BCUT2D eigenvalue weighted by atomic mass is 10.1. The highest BCUT2D eigenvalue weighted by Gasteiger charge is 2.16. The summed E-state index contributed by atoms with van der Waals surface area (Å²) < 4.78 is 1.11. The topological polar surface area (TPSA) is 32.3 Å². The molecular formula is C20H25BrN2OS. The van der Waals surface area contributed by atoms with Gasteiger partial charge in [0.2, 0.25) is 5.91 Å². The summed E-state index contributed by atoms with van der Waals surface area (Å²) in [5.41, 5.74) is 2.80. The van der Waals surface area contributed by atoms with E-state index in [1.54, 1.807) is 0 Å². The minimum absolute atomic E-state index is 0.184. The highest BCUT2D eigenvalue weighted by atomic mass is 79.9. The van der Waals surface area contributed by atoms with Gasteiger partial charge in [0.15, 0.2) is 0 Å². The van der Waals surface area contributed by atoms with Crippen LogP contribution in [0.15, 0.2) is 40.2 Å². The smallest absolute Gasteiger partial charge is 0.220 e. The molecule has 0 radical (unpaired) electrons. The zero-order chi connectivity index (χ0) is 17.5. The van der Waals surface area contributed by atoms with Crippen LogP contribution in [0.2, 0.25) is 0 Å². The first kappa shape index (κ1) is 18.6. The molecular weight excluding hydrogens is 396 g/mol. The summed E-state index contributed by atoms with van der Waals surface area (Å²) in [6, 6.07) is 10.7. The van der Waals surface area contributed by atoms with Gasteiger partial charge < -0.3 is 5.32 Å². The summed E-state index contributed by atoms with van der Waals surface area (Å²) in [6.07, 6.45) is 4.82. The van der Waals surface area contributed by atoms with Crippen LogP contribution in [-0.2, 0) is 24.2 Å². The van der Waals surface area contributed by atoms with E-state index in [2.05, 4.69) is 61.9 Å². The van der Waals surface area contributed by atoms with Gasteiger partial charge in [0.1, 0.15) is 0 Å². The first-order chi connectivity index (χ1) is 12.2. The highest BCUT2D eigenvalue weighted by molar-refractivity contribution is 9.10. The molecule has 1 N–H and O–H groups in total. The summed E-state index contributed by atoms with van der Waals surface area (Å²) in [6.45, 7) is 3.84. The Morgan fingerprint density at radius 3 is 2.88 bits per heavy atom. The highest BCUT2D eigenvalue weighted by Crippen LogP contribution is 2.23. The van der Waals surface area contributed by atoms with Crippen LogP contribution in [0, 0.1) is 0 Å². The fourth-order valence-corrected chi connectivity index (χ4v) is 4.36. The van der Waals surface area contributed by atoms with E-state index in [1.165, 1.54) is 16.0 Å². The molecule has 3 nitrogen and oxygen atoms in total. The van der Waals surface area contributed by atoms with Crippen molar-refractivity contribution in [2.24, 2.45) is 0 Å². The second-order valence-corrected chi connectivity index (χ2v) is 8.50. The number of thiophene rings is 1. The molecule has 1 aliphatic rings. The van der Waals surface area contributed by atoms with Gasteiger partial charge >= 0.3 is 0 Å². The van der Waals surface area contributed by atoms with Crippen molar-refractivity contribution < 1.29 is 4.79 Å². The minimum atomic E-state index is 0.184. The number of carbonyl (C=O) groups excluding carboxylic acids is 1. The Hall–Kier alpha value is -1.17. The van der Waals surface area contributed by atoms with Crippen molar-refractivity contribution in [2.45, 2.75) is 38.6 Å². The molecule has 0 saturated carbocycles. The lowest BCUT2D eigenvalue weighted by Crippen LogP contribution is -2.37. The number of nitrogens with zero attached hydrogens (tertiary/aromatic N) is 1. The lowest BCUT2D eigenvalue weighted by Gasteiger charge is -2.26. The molecule has 2 heterocycles. The van der Waals surface area contributed by atoms with Crippen molar-refractivity contribution >= 4 is 33.2 Å². The number of nitrogens with one attached hydrogen (secondary N) is 1. The van der Waals surface area contributed by atoms with Gasteiger partial charge in [0.05, 0.1) is 0 Å². The molecule has 0 unspecified atom stereocenters. The maximum absolute atomic E-state index is 12.0. The lowest BCUT2D eigenvalue weighted by molar-refractivity contribution is -0.121. The molecule has 1 aliphatic heterocycles. The molecule has 2 aromatic rings. The predicted molar refractivity (Wildman–Crippen MR) is 108 cm³/mol. The van der Waals surface area contributed by atoms with Crippen LogP contribution in [-0.4, -0.2) is 30.4 Å². The van der Waals surface area contributed by atoms with Crippen molar-refractivity contribution in [1.29, 1.82) is 0 Å². The first-order valence-corrected chi connectivity index (χ1v) is 10.7. The van der Waals surface area contributed by atoms with Crippen LogP contribution in [0.1, 0.15) is 35.3 Å². The third-order valence-electron chi connectivity index (χ3n) is 4.67. The van der Waals surface area contributed by atoms with Crippen LogP contribution in [0.4, 0.5) is 0 Å². The summed E-state index contributed by atoms with van der Waals surface area (Å²) in [4.78, 5) is 15.9. The average molecular weight is 421 g/mol. The fraction of sp³-hybridized carbons (Fsp3) is 0.450. The summed E-state index contributed by atoms with van der Waals surface area (Å²) >= 11 is 5.32. The number of rotatable bonds is 8. The Morgan fingerprint density at radius 1 is 1.20 bits per heavy atom. The first-order valence-electron chi connectivity index (χ1n) is 8.99. The molecule has 0 bridgehead atoms. The molecule has 3 rings (SSSR count). The molecule has 1 aromatic heterocycles. The zero-order valence-corrected chi connectivity index (χ0v) is 16.9. The summed E-state index contributed by atoms with van der Waals surface area (Å²) in [5, 5.41) is 5.25. The standard InChI is InChI=1S/C20H25BrN2OS/c21-18-7-5-16(6-8-18)3-1-2-4-20(24)22-11-13-23-12-9-19-17(15-23)10-14-25-19/h5-8,10,14H,1-4,9,11-13,15H2,(H,22,24). The number of fused-ring (bicyclic) bond motifs is 1. The summed E-state index contributed by atoms with van der Waals surface area (Å²) in [7, 11) is 0. The number of benzene rings is 1. The molecule has 0 atom stereocenters. The van der Waals surface area contributed by atoms with Crippen LogP contribution in [0.3, 0.4) is 0 Å². The third kappa shape index (κ3) is 5.94. The number of hydrogen-bond donors (Lipinski definition) is 1. The second kappa shape index (κ2) is 9.51. The third-order valence-corrected chi connectivity index (χ3v) is 6.22. The van der Waals surface area contributed by atoms with Crippen LogP contribution < -0.4 is 5.32 Å². The molecule has 0 spiro atoms. The van der Waals surface area contributed by atoms with E-state index in [9.17, 15) is 4.79 Å². The largest absolute Gasteiger partial charge is 0.355 e. The van der Waals surface area contributed by atoms with Gasteiger partial charge in [0, 0.05) is 41.9 Å². The quantitative estimate of drug-likeness (QED) is 0.641. The Balaban J connectivity index is 1.25. The van der Waals surface area contributed by atoms with Crippen LogP contribution >= 0.6 is 27.3 Å². The number of aryl methyl sites for hydroxylation is 1. The summed E-state index contributed by atoms with van der Waals surface area (Å²) in [5.74, 6) is 0.184. The van der Waals surface area contributed by atoms with Crippen LogP contribution in [0.25, 0.3) is 0 Å². The van der Waals surface area contributed by atoms with Crippen molar-refractivity contribution in [2.75, 3.05) is 19.6 Å². The Bertz CT molecular complexity index is 683. The van der Waals surface area contributed by atoms with E-state index in [4.69, 9.17) is 0 Å². The molecule has 5 heteroatoms. The molecule has 0 saturated heterocycles. The monoisotopic (exact) mass is 420 g/mol. The van der Waals surface area contributed by atoms with E-state index in [1.807, 2.05) is 11.3 Å². The Kier molecular flexibility index (Phi) is 7.08. The number of halogens is 1. The molecule has 1 amide bonds. The van der Waals surface area contributed by atoms with Gasteiger partial charge in [-0.2, -0.15) is 0 Å². The molecule has 0 aliphatic carbocycles. The Morgan fingerprint density at radius 2 is 2.04 bits per heavy atom. The van der Waals surface area contributed by atoms with Crippen molar-refractivity contribution in [3.05, 3.63) is 56.2 Å². The molecule has 134 valence electrons. The molecule has 25 heavy (non-hydrogen) atoms. The normalized spacial score (nSPS) is 14.3. The molecule has 1 aromatic carbocycles. The van der Waals surface area contributed by atoms with Crippen molar-refractivity contribution in [1.82, 2.24) is 10.2 Å². The van der Waals surface area contributed by atoms with Gasteiger partial charge in [-0.25, -0.2) is 0 Å². The van der Waals surface area contributed by atoms with Crippen molar-refractivity contribution in [3.8, 4) is 0 Å². The van der Waals surface area contributed by atoms with Gasteiger partial charge in [-0.3, -0.25) is 9.69 Å². The van der Waals surface area contributed by atoms with Gasteiger partial charge in [-0.05, 0) is 60.4 Å². The number of unbranched alkanes of at least 4 members (excludes halogenated alkanes) is 1. The van der Waals surface area contributed by atoms with E-state index in [0.717, 1.165) is 56.3 Å². The van der Waals surface area contributed by atoms with E-state index >= 15 is 0 Å². The maximum Gasteiger partial charge on any atom is 0.220 e. The van der Waals surface area contributed by atoms with Crippen molar-refractivity contribution in [3.63, 3.8) is 0 Å². The fourth-order valence-electron chi connectivity index (χ4n) is 3.21. The molecule has 0 fully saturated rings. The average Bonchev–Trinajstić information content (AvgIpc) is 3.08. The van der Waals surface area contributed by atoms with Crippen LogP contribution in [0.5, 0.6) is 0 Å². The van der Waals surface area contributed by atoms with Gasteiger partial charge in [0.25, 0.3) is 0 Å². The van der Waals surface area contributed by atoms with E-state index in [-0.39, 0.29) is 5.91 Å². The number of carbonyl (C=O) groups is 1. The second-order valence-electron chi connectivity index (χ2n) is 6.58. The van der Waals surface area contributed by atoms with E-state index in [0.29, 0.717) is 6.42 Å². The van der Waals surface area contributed by atoms with Gasteiger partial charge in [-0.1, -0.05) is 28.1 Å². The zero-order valence-electron chi connectivity index (χ0n) is 14.5. The number of amides is 1.